The number of rotatable bonds is 1. The second-order valence-electron chi connectivity index (χ2n) is 1.65. The highest BCUT2D eigenvalue weighted by Crippen LogP contribution is 1.93. The minimum absolute atomic E-state index is 0.0231. The maximum atomic E-state index is 5.44. The van der Waals surface area contributed by atoms with Crippen molar-refractivity contribution in [2.75, 3.05) is 0 Å². The normalized spacial score (nSPS) is 13.6. The quantitative estimate of drug-likeness (QED) is 0.471. The molecule has 40 valence electrons. The van der Waals surface area contributed by atoms with Crippen molar-refractivity contribution in [1.82, 2.24) is 14.8 Å². The Bertz CT molecular complexity index is 146. The Morgan fingerprint density at radius 1 is 1.50 bits per heavy atom. The predicted molar refractivity (Wildman–Crippen MR) is 30.5 cm³/mol. The molecule has 8 heavy (non-hydrogen) atoms. The second-order valence-corrected chi connectivity index (χ2v) is 1.65. The van der Waals surface area contributed by atoms with Crippen molar-refractivity contribution in [3.05, 3.63) is 12.7 Å². The lowest BCUT2D eigenvalue weighted by atomic mass is 9.99. The Morgan fingerprint density at radius 3 is 2.25 bits per heavy atom. The molecule has 0 aliphatic heterocycles. The average Bonchev–Trinajstić information content (AvgIpc) is 2.12. The Hall–Kier alpha value is -0.795. The van der Waals surface area contributed by atoms with Crippen molar-refractivity contribution in [3.8, 4) is 0 Å². The molecule has 3 nitrogen and oxygen atoms in total. The zero-order chi connectivity index (χ0) is 5.98. The highest BCUT2D eigenvalue weighted by Gasteiger charge is 1.91. The molecule has 0 fully saturated rings. The Kier molecular flexibility index (Phi) is 1.33. The van der Waals surface area contributed by atoms with Crippen LogP contribution in [0.15, 0.2) is 12.7 Å². The van der Waals surface area contributed by atoms with E-state index in [1.165, 1.54) is 0 Å². The van der Waals surface area contributed by atoms with Crippen LogP contribution in [0, 0.1) is 0 Å². The summed E-state index contributed by atoms with van der Waals surface area (Å²) in [5.41, 5.74) is 0. The number of nitrogens with zero attached hydrogens (tertiary/aromatic N) is 3. The van der Waals surface area contributed by atoms with Crippen LogP contribution < -0.4 is 0 Å². The van der Waals surface area contributed by atoms with Crippen LogP contribution >= 0.6 is 0 Å². The lowest BCUT2D eigenvalue weighted by Crippen LogP contribution is -2.00. The van der Waals surface area contributed by atoms with Crippen LogP contribution in [-0.2, 0) is 0 Å². The summed E-state index contributed by atoms with van der Waals surface area (Å²) < 4.78 is 1.72. The fourth-order valence-corrected chi connectivity index (χ4v) is 0.419. The average molecular weight is 107 g/mol. The van der Waals surface area contributed by atoms with E-state index in [0.717, 1.165) is 0 Å². The van der Waals surface area contributed by atoms with Gasteiger partial charge in [-0.2, -0.15) is 0 Å². The third kappa shape index (κ3) is 0.884. The van der Waals surface area contributed by atoms with Crippen LogP contribution in [0.25, 0.3) is 0 Å². The Labute approximate surface area is 49.1 Å². The molecule has 2 radical (unpaired) electrons. The smallest absolute Gasteiger partial charge is 0.118 e. The van der Waals surface area contributed by atoms with E-state index in [1.54, 1.807) is 17.2 Å². The fourth-order valence-electron chi connectivity index (χ4n) is 0.419. The SMILES string of the molecule is [B]C(C)n1cnnc1. The van der Waals surface area contributed by atoms with Gasteiger partial charge >= 0.3 is 0 Å². The largest absolute Gasteiger partial charge is 0.327 e. The van der Waals surface area contributed by atoms with E-state index < -0.39 is 0 Å². The monoisotopic (exact) mass is 107 g/mol. The first-order valence-electron chi connectivity index (χ1n) is 2.40. The van der Waals surface area contributed by atoms with Gasteiger partial charge < -0.3 is 4.57 Å². The standard InChI is InChI=1S/C4H6BN3/c1-4(5)8-2-6-7-3-8/h2-4H,1H3. The van der Waals surface area contributed by atoms with Gasteiger partial charge in [0.2, 0.25) is 0 Å². The fraction of sp³-hybridized carbons (Fsp3) is 0.500. The topological polar surface area (TPSA) is 30.7 Å². The minimum atomic E-state index is -0.0231. The zero-order valence-electron chi connectivity index (χ0n) is 4.65. The van der Waals surface area contributed by atoms with Crippen molar-refractivity contribution in [2.24, 2.45) is 0 Å². The van der Waals surface area contributed by atoms with E-state index in [-0.39, 0.29) is 5.94 Å². The maximum Gasteiger partial charge on any atom is 0.118 e. The first kappa shape index (κ1) is 5.34. The van der Waals surface area contributed by atoms with Crippen molar-refractivity contribution in [2.45, 2.75) is 12.9 Å². The van der Waals surface area contributed by atoms with Gasteiger partial charge in [-0.3, -0.25) is 0 Å². The lowest BCUT2D eigenvalue weighted by Gasteiger charge is -2.01. The van der Waals surface area contributed by atoms with Gasteiger partial charge in [-0.25, -0.2) is 0 Å². The minimum Gasteiger partial charge on any atom is -0.327 e. The first-order chi connectivity index (χ1) is 3.80. The van der Waals surface area contributed by atoms with Crippen LogP contribution in [0.1, 0.15) is 12.9 Å². The van der Waals surface area contributed by atoms with E-state index in [9.17, 15) is 0 Å². The molecule has 0 saturated carbocycles. The van der Waals surface area contributed by atoms with E-state index in [1.807, 2.05) is 6.92 Å². The Balaban J connectivity index is 2.77. The molecular formula is C4H6BN3. The number of hydrogen-bond donors (Lipinski definition) is 0. The van der Waals surface area contributed by atoms with Crippen molar-refractivity contribution in [1.29, 1.82) is 0 Å². The summed E-state index contributed by atoms with van der Waals surface area (Å²) in [6.45, 7) is 1.86. The Morgan fingerprint density at radius 2 is 2.00 bits per heavy atom. The molecule has 1 atom stereocenters. The highest BCUT2D eigenvalue weighted by atomic mass is 15.2. The molecule has 0 aliphatic carbocycles. The molecule has 0 spiro atoms. The third-order valence-electron chi connectivity index (χ3n) is 0.907. The molecule has 0 bridgehead atoms. The van der Waals surface area contributed by atoms with Gasteiger partial charge in [0.15, 0.2) is 0 Å². The summed E-state index contributed by atoms with van der Waals surface area (Å²) in [4.78, 5) is 0. The highest BCUT2D eigenvalue weighted by molar-refractivity contribution is 6.10. The summed E-state index contributed by atoms with van der Waals surface area (Å²) in [5, 5.41) is 7.15. The molecule has 1 rings (SSSR count). The molecule has 0 aliphatic rings. The molecule has 0 amide bonds. The van der Waals surface area contributed by atoms with Crippen LogP contribution in [0.3, 0.4) is 0 Å². The summed E-state index contributed by atoms with van der Waals surface area (Å²) in [7, 11) is 5.44. The molecule has 0 saturated heterocycles. The van der Waals surface area contributed by atoms with Gasteiger partial charge in [-0.15, -0.1) is 10.2 Å². The van der Waals surface area contributed by atoms with Crippen molar-refractivity contribution < 1.29 is 0 Å². The summed E-state index contributed by atoms with van der Waals surface area (Å²) >= 11 is 0. The van der Waals surface area contributed by atoms with Crippen molar-refractivity contribution in [3.63, 3.8) is 0 Å². The van der Waals surface area contributed by atoms with Crippen LogP contribution in [-0.4, -0.2) is 22.6 Å². The van der Waals surface area contributed by atoms with E-state index in [2.05, 4.69) is 10.2 Å². The zero-order valence-corrected chi connectivity index (χ0v) is 4.65. The maximum absolute atomic E-state index is 5.44. The number of aromatic nitrogens is 3. The van der Waals surface area contributed by atoms with Gasteiger partial charge in [-0.05, 0) is 5.94 Å². The molecule has 1 aromatic rings. The molecule has 1 aromatic heterocycles. The van der Waals surface area contributed by atoms with E-state index in [4.69, 9.17) is 7.85 Å². The van der Waals surface area contributed by atoms with Crippen LogP contribution in [0.2, 0.25) is 0 Å². The van der Waals surface area contributed by atoms with E-state index in [0.29, 0.717) is 0 Å². The van der Waals surface area contributed by atoms with Crippen LogP contribution in [0.4, 0.5) is 0 Å². The molecule has 0 N–H and O–H groups in total. The first-order valence-corrected chi connectivity index (χ1v) is 2.40. The second kappa shape index (κ2) is 1.98. The lowest BCUT2D eigenvalue weighted by molar-refractivity contribution is 0.723. The third-order valence-corrected chi connectivity index (χ3v) is 0.907. The molecule has 1 heterocycles. The molecule has 4 heteroatoms. The van der Waals surface area contributed by atoms with Gasteiger partial charge in [0, 0.05) is 0 Å². The summed E-state index contributed by atoms with van der Waals surface area (Å²) in [5.74, 6) is -0.0231. The van der Waals surface area contributed by atoms with E-state index >= 15 is 0 Å². The molecule has 0 aromatic carbocycles. The molecular weight excluding hydrogens is 101 g/mol. The van der Waals surface area contributed by atoms with Gasteiger partial charge in [0.05, 0.1) is 7.85 Å². The van der Waals surface area contributed by atoms with Gasteiger partial charge in [0.25, 0.3) is 0 Å². The molecule has 1 unspecified atom stereocenters. The van der Waals surface area contributed by atoms with Gasteiger partial charge in [0.1, 0.15) is 12.7 Å². The van der Waals surface area contributed by atoms with Gasteiger partial charge in [-0.1, -0.05) is 6.92 Å². The summed E-state index contributed by atoms with van der Waals surface area (Å²) in [6, 6.07) is 0. The van der Waals surface area contributed by atoms with Crippen molar-refractivity contribution >= 4 is 7.85 Å². The number of hydrogen-bond acceptors (Lipinski definition) is 2. The van der Waals surface area contributed by atoms with Crippen LogP contribution in [0.5, 0.6) is 0 Å². The summed E-state index contributed by atoms with van der Waals surface area (Å²) in [6.07, 6.45) is 3.18. The predicted octanol–water partition coefficient (Wildman–Crippen LogP) is -0.0349.